The van der Waals surface area contributed by atoms with Crippen LogP contribution in [0, 0.1) is 10.1 Å². The van der Waals surface area contributed by atoms with Gasteiger partial charge in [-0.15, -0.1) is 0 Å². The van der Waals surface area contributed by atoms with Gasteiger partial charge in [0, 0.05) is 47.7 Å². The van der Waals surface area contributed by atoms with Gasteiger partial charge in [-0.05, 0) is 18.2 Å². The fourth-order valence-corrected chi connectivity index (χ4v) is 3.34. The molecular formula is C19H17N5O5S. The Kier molecular flexibility index (Phi) is 6.75. The van der Waals surface area contributed by atoms with Crippen LogP contribution < -0.4 is 15.5 Å². The number of nitro benzene ring substituents is 1. The largest absolute Gasteiger partial charge is 0.491 e. The van der Waals surface area contributed by atoms with Crippen LogP contribution in [-0.2, 0) is 17.1 Å². The first-order chi connectivity index (χ1) is 14.5. The predicted molar refractivity (Wildman–Crippen MR) is 111 cm³/mol. The summed E-state index contributed by atoms with van der Waals surface area (Å²) < 4.78 is 6.69. The molecule has 0 saturated carbocycles. The number of thioether (sulfide) groups is 1. The van der Waals surface area contributed by atoms with Gasteiger partial charge in [0.1, 0.15) is 6.54 Å². The summed E-state index contributed by atoms with van der Waals surface area (Å²) in [5.41, 5.74) is 0.652. The molecule has 0 saturated heterocycles. The van der Waals surface area contributed by atoms with Gasteiger partial charge in [0.2, 0.25) is 11.3 Å². The van der Waals surface area contributed by atoms with E-state index in [1.165, 1.54) is 55.4 Å². The number of benzene rings is 1. The second-order valence-electron chi connectivity index (χ2n) is 6.00. The lowest BCUT2D eigenvalue weighted by Gasteiger charge is -2.14. The van der Waals surface area contributed by atoms with Gasteiger partial charge in [-0.1, -0.05) is 11.8 Å². The van der Waals surface area contributed by atoms with Crippen molar-refractivity contribution in [2.24, 2.45) is 0 Å². The van der Waals surface area contributed by atoms with Crippen molar-refractivity contribution in [1.29, 1.82) is 0 Å². The van der Waals surface area contributed by atoms with Crippen LogP contribution in [0.1, 0.15) is 5.69 Å². The smallest absolute Gasteiger partial charge is 0.269 e. The van der Waals surface area contributed by atoms with E-state index in [-0.39, 0.29) is 29.3 Å². The van der Waals surface area contributed by atoms with Gasteiger partial charge < -0.3 is 14.6 Å². The lowest BCUT2D eigenvalue weighted by atomic mass is 10.3. The molecule has 11 heteroatoms. The Bertz CT molecular complexity index is 1100. The van der Waals surface area contributed by atoms with Crippen molar-refractivity contribution < 1.29 is 14.5 Å². The molecule has 0 unspecified atom stereocenters. The van der Waals surface area contributed by atoms with E-state index < -0.39 is 4.92 Å². The molecule has 30 heavy (non-hydrogen) atoms. The van der Waals surface area contributed by atoms with Crippen molar-refractivity contribution in [3.8, 4) is 5.75 Å². The maximum absolute atomic E-state index is 12.5. The van der Waals surface area contributed by atoms with E-state index in [1.54, 1.807) is 23.0 Å². The molecule has 1 amide bonds. The normalized spacial score (nSPS) is 10.4. The zero-order valence-electron chi connectivity index (χ0n) is 15.8. The van der Waals surface area contributed by atoms with Crippen LogP contribution in [0.3, 0.4) is 0 Å². The first-order valence-electron chi connectivity index (χ1n) is 8.67. The Morgan fingerprint density at radius 1 is 1.27 bits per heavy atom. The average Bonchev–Trinajstić information content (AvgIpc) is 2.74. The standard InChI is InChI=1S/C19H17N5O5S/c1-29-17-10-23(11-18(26)22-13-3-5-14(6-4-13)24(27)28)15(9-16(17)25)12-30-19-20-7-2-8-21-19/h2-10H,11-12H2,1H3,(H,22,26). The molecule has 0 radical (unpaired) electrons. The van der Waals surface area contributed by atoms with E-state index in [0.29, 0.717) is 22.3 Å². The fourth-order valence-electron chi connectivity index (χ4n) is 2.54. The number of methoxy groups -OCH3 is 1. The average molecular weight is 427 g/mol. The summed E-state index contributed by atoms with van der Waals surface area (Å²) in [6, 6.07) is 8.63. The van der Waals surface area contributed by atoms with E-state index in [4.69, 9.17) is 4.74 Å². The van der Waals surface area contributed by atoms with Crippen LogP contribution in [0.5, 0.6) is 5.75 Å². The second kappa shape index (κ2) is 9.65. The third-order valence-electron chi connectivity index (χ3n) is 3.97. The molecule has 0 aliphatic heterocycles. The van der Waals surface area contributed by atoms with Crippen molar-refractivity contribution in [3.63, 3.8) is 0 Å². The van der Waals surface area contributed by atoms with Gasteiger partial charge in [-0.25, -0.2) is 9.97 Å². The quantitative estimate of drug-likeness (QED) is 0.251. The van der Waals surface area contributed by atoms with E-state index in [2.05, 4.69) is 15.3 Å². The number of carbonyl (C=O) groups is 1. The summed E-state index contributed by atoms with van der Waals surface area (Å²) in [6.45, 7) is -0.0842. The van der Waals surface area contributed by atoms with Gasteiger partial charge in [-0.2, -0.15) is 0 Å². The lowest BCUT2D eigenvalue weighted by molar-refractivity contribution is -0.384. The van der Waals surface area contributed by atoms with Crippen LogP contribution in [0.4, 0.5) is 11.4 Å². The number of amides is 1. The number of hydrogen-bond acceptors (Lipinski definition) is 8. The van der Waals surface area contributed by atoms with Crippen LogP contribution in [0.15, 0.2) is 64.9 Å². The van der Waals surface area contributed by atoms with Crippen molar-refractivity contribution in [1.82, 2.24) is 14.5 Å². The number of aromatic nitrogens is 3. The van der Waals surface area contributed by atoms with Gasteiger partial charge in [0.05, 0.1) is 18.2 Å². The number of nitro groups is 1. The van der Waals surface area contributed by atoms with Crippen LogP contribution >= 0.6 is 11.8 Å². The van der Waals surface area contributed by atoms with Crippen LogP contribution in [-0.4, -0.2) is 32.5 Å². The fraction of sp³-hybridized carbons (Fsp3) is 0.158. The highest BCUT2D eigenvalue weighted by Gasteiger charge is 2.13. The van der Waals surface area contributed by atoms with Gasteiger partial charge in [0.15, 0.2) is 10.9 Å². The molecule has 0 aliphatic carbocycles. The minimum atomic E-state index is -0.515. The molecule has 1 N–H and O–H groups in total. The number of nitrogens with one attached hydrogen (secondary N) is 1. The molecule has 0 bridgehead atoms. The third-order valence-corrected chi connectivity index (χ3v) is 4.88. The number of rotatable bonds is 8. The summed E-state index contributed by atoms with van der Waals surface area (Å²) in [7, 11) is 1.38. The number of anilines is 1. The van der Waals surface area contributed by atoms with Crippen LogP contribution in [0.2, 0.25) is 0 Å². The molecular weight excluding hydrogens is 410 g/mol. The maximum atomic E-state index is 12.5. The molecule has 0 fully saturated rings. The van der Waals surface area contributed by atoms with E-state index in [1.807, 2.05) is 0 Å². The van der Waals surface area contributed by atoms with Crippen LogP contribution in [0.25, 0.3) is 0 Å². The summed E-state index contributed by atoms with van der Waals surface area (Å²) in [5.74, 6) is 0.119. The Morgan fingerprint density at radius 2 is 1.97 bits per heavy atom. The van der Waals surface area contributed by atoms with Gasteiger partial charge >= 0.3 is 0 Å². The maximum Gasteiger partial charge on any atom is 0.269 e. The summed E-state index contributed by atoms with van der Waals surface area (Å²) >= 11 is 1.33. The number of non-ortho nitro benzene ring substituents is 1. The molecule has 2 heterocycles. The lowest BCUT2D eigenvalue weighted by Crippen LogP contribution is -2.22. The van der Waals surface area contributed by atoms with Crippen molar-refractivity contribution >= 4 is 29.0 Å². The summed E-state index contributed by atoms with van der Waals surface area (Å²) in [5, 5.41) is 14.0. The number of nitrogens with zero attached hydrogens (tertiary/aromatic N) is 4. The first kappa shape index (κ1) is 21.0. The van der Waals surface area contributed by atoms with Crippen molar-refractivity contribution in [2.45, 2.75) is 17.5 Å². The molecule has 10 nitrogen and oxygen atoms in total. The highest BCUT2D eigenvalue weighted by molar-refractivity contribution is 7.98. The Balaban J connectivity index is 1.76. The second-order valence-corrected chi connectivity index (χ2v) is 6.94. The highest BCUT2D eigenvalue weighted by Crippen LogP contribution is 2.20. The SMILES string of the molecule is COc1cn(CC(=O)Nc2ccc([N+](=O)[O-])cc2)c(CSc2ncccn2)cc1=O. The molecule has 0 spiro atoms. The molecule has 1 aromatic carbocycles. The zero-order valence-corrected chi connectivity index (χ0v) is 16.7. The predicted octanol–water partition coefficient (Wildman–Crippen LogP) is 2.49. The minimum Gasteiger partial charge on any atom is -0.491 e. The molecule has 154 valence electrons. The number of ether oxygens (including phenoxy) is 1. The molecule has 0 aliphatic rings. The molecule has 2 aromatic heterocycles. The Labute approximate surface area is 175 Å². The number of carbonyl (C=O) groups excluding carboxylic acids is 1. The van der Waals surface area contributed by atoms with Gasteiger partial charge in [0.25, 0.3) is 5.69 Å². The topological polar surface area (TPSA) is 129 Å². The molecule has 3 aromatic rings. The van der Waals surface area contributed by atoms with E-state index in [0.717, 1.165) is 0 Å². The first-order valence-corrected chi connectivity index (χ1v) is 9.66. The summed E-state index contributed by atoms with van der Waals surface area (Å²) in [4.78, 5) is 43.1. The summed E-state index contributed by atoms with van der Waals surface area (Å²) in [6.07, 6.45) is 4.71. The number of pyridine rings is 1. The van der Waals surface area contributed by atoms with E-state index >= 15 is 0 Å². The zero-order chi connectivity index (χ0) is 21.5. The Morgan fingerprint density at radius 3 is 2.60 bits per heavy atom. The monoisotopic (exact) mass is 427 g/mol. The third kappa shape index (κ3) is 5.41. The van der Waals surface area contributed by atoms with Crippen molar-refractivity contribution in [3.05, 3.63) is 81.0 Å². The highest BCUT2D eigenvalue weighted by atomic mass is 32.2. The molecule has 0 atom stereocenters. The minimum absolute atomic E-state index is 0.0689. The molecule has 3 rings (SSSR count). The van der Waals surface area contributed by atoms with Gasteiger partial charge in [-0.3, -0.25) is 19.7 Å². The van der Waals surface area contributed by atoms with E-state index in [9.17, 15) is 19.7 Å². The number of hydrogen-bond donors (Lipinski definition) is 1. The Hall–Kier alpha value is -3.73. The van der Waals surface area contributed by atoms with Crippen molar-refractivity contribution in [2.75, 3.05) is 12.4 Å².